The smallest absolute Gasteiger partial charge is 0.410 e. The number of halogens is 2. The molecule has 3 aromatic rings. The Bertz CT molecular complexity index is 1170. The van der Waals surface area contributed by atoms with Crippen LogP contribution in [0.2, 0.25) is 0 Å². The number of hydrogen-bond acceptors (Lipinski definition) is 5. The highest BCUT2D eigenvalue weighted by Crippen LogP contribution is 2.36. The molecule has 0 radical (unpaired) electrons. The number of aromatic nitrogens is 2. The lowest BCUT2D eigenvalue weighted by molar-refractivity contribution is 0.00566. The van der Waals surface area contributed by atoms with Crippen LogP contribution in [0.25, 0.3) is 11.0 Å². The van der Waals surface area contributed by atoms with E-state index in [0.717, 1.165) is 26.6 Å². The number of hydrogen-bond donors (Lipinski definition) is 0. The van der Waals surface area contributed by atoms with Crippen molar-refractivity contribution >= 4 is 33.1 Å². The molecular formula is C27H31BrFN3O3. The van der Waals surface area contributed by atoms with E-state index in [1.54, 1.807) is 17.3 Å². The summed E-state index contributed by atoms with van der Waals surface area (Å²) < 4.78 is 26.4. The molecule has 0 spiro atoms. The van der Waals surface area contributed by atoms with Crippen molar-refractivity contribution in [2.45, 2.75) is 51.0 Å². The molecule has 0 N–H and O–H groups in total. The predicted molar refractivity (Wildman–Crippen MR) is 137 cm³/mol. The molecule has 0 atom stereocenters. The lowest BCUT2D eigenvalue weighted by Gasteiger charge is -2.42. The first-order valence-electron chi connectivity index (χ1n) is 11.9. The first-order chi connectivity index (χ1) is 16.7. The Morgan fingerprint density at radius 1 is 1.11 bits per heavy atom. The van der Waals surface area contributed by atoms with E-state index in [0.29, 0.717) is 45.6 Å². The highest BCUT2D eigenvalue weighted by molar-refractivity contribution is 9.10. The van der Waals surface area contributed by atoms with Gasteiger partial charge < -0.3 is 14.4 Å². The van der Waals surface area contributed by atoms with Gasteiger partial charge >= 0.3 is 6.09 Å². The highest BCUT2D eigenvalue weighted by Gasteiger charge is 2.39. The molecule has 186 valence electrons. The van der Waals surface area contributed by atoms with Gasteiger partial charge in [0.05, 0.1) is 24.2 Å². The fraction of sp³-hybridized carbons (Fsp3) is 0.444. The molecule has 35 heavy (non-hydrogen) atoms. The number of piperidine rings is 1. The number of carbonyl (C=O) groups is 1. The van der Waals surface area contributed by atoms with Crippen LogP contribution in [-0.4, -0.2) is 52.9 Å². The van der Waals surface area contributed by atoms with E-state index in [1.807, 2.05) is 39.0 Å². The number of amides is 1. The standard InChI is InChI=1S/C27H31BrFN3O3/c1-26(2,3)35-25(33)32-13-9-27(10-14-32,20-4-6-22(29)7-5-20)18-34-15-8-19-16-21(28)17-23-24(19)31-12-11-30-23/h4-7,11-12,16-17H,8-10,13-15,18H2,1-3H3. The van der Waals surface area contributed by atoms with Gasteiger partial charge in [0.15, 0.2) is 0 Å². The number of ether oxygens (including phenoxy) is 2. The molecule has 0 unspecified atom stereocenters. The largest absolute Gasteiger partial charge is 0.444 e. The fourth-order valence-electron chi connectivity index (χ4n) is 4.51. The van der Waals surface area contributed by atoms with Crippen LogP contribution in [0, 0.1) is 5.82 Å². The molecular weight excluding hydrogens is 513 g/mol. The van der Waals surface area contributed by atoms with Crippen LogP contribution < -0.4 is 0 Å². The summed E-state index contributed by atoms with van der Waals surface area (Å²) in [6.45, 7) is 7.71. The van der Waals surface area contributed by atoms with Gasteiger partial charge in [0.2, 0.25) is 0 Å². The van der Waals surface area contributed by atoms with Gasteiger partial charge in [-0.05, 0) is 75.4 Å². The van der Waals surface area contributed by atoms with Crippen LogP contribution in [0.15, 0.2) is 53.3 Å². The average Bonchev–Trinajstić information content (AvgIpc) is 2.81. The molecule has 1 aromatic heterocycles. The number of likely N-dealkylation sites (tertiary alicyclic amines) is 1. The lowest BCUT2D eigenvalue weighted by Crippen LogP contribution is -2.48. The van der Waals surface area contributed by atoms with E-state index < -0.39 is 5.60 Å². The van der Waals surface area contributed by atoms with Crippen molar-refractivity contribution in [1.29, 1.82) is 0 Å². The molecule has 0 bridgehead atoms. The van der Waals surface area contributed by atoms with Gasteiger partial charge in [-0.2, -0.15) is 0 Å². The summed E-state index contributed by atoms with van der Waals surface area (Å²) in [6, 6.07) is 10.6. The Morgan fingerprint density at radius 3 is 2.49 bits per heavy atom. The third-order valence-corrected chi connectivity index (χ3v) is 6.80. The minimum absolute atomic E-state index is 0.265. The van der Waals surface area contributed by atoms with Crippen molar-refractivity contribution in [3.8, 4) is 0 Å². The van der Waals surface area contributed by atoms with Crippen molar-refractivity contribution in [2.24, 2.45) is 0 Å². The van der Waals surface area contributed by atoms with Crippen molar-refractivity contribution in [2.75, 3.05) is 26.3 Å². The topological polar surface area (TPSA) is 64.5 Å². The Labute approximate surface area is 214 Å². The summed E-state index contributed by atoms with van der Waals surface area (Å²) in [5.74, 6) is -0.265. The van der Waals surface area contributed by atoms with E-state index in [1.165, 1.54) is 12.1 Å². The third-order valence-electron chi connectivity index (χ3n) is 6.34. The minimum Gasteiger partial charge on any atom is -0.444 e. The number of carbonyl (C=O) groups excluding carboxylic acids is 1. The van der Waals surface area contributed by atoms with Crippen LogP contribution in [0.5, 0.6) is 0 Å². The van der Waals surface area contributed by atoms with Gasteiger partial charge in [-0.25, -0.2) is 9.18 Å². The molecule has 1 aliphatic heterocycles. The van der Waals surface area contributed by atoms with Crippen molar-refractivity contribution in [3.05, 3.63) is 70.2 Å². The predicted octanol–water partition coefficient (Wildman–Crippen LogP) is 6.06. The second kappa shape index (κ2) is 10.6. The molecule has 1 saturated heterocycles. The number of fused-ring (bicyclic) bond motifs is 1. The summed E-state index contributed by atoms with van der Waals surface area (Å²) in [5.41, 5.74) is 2.98. The number of rotatable bonds is 6. The molecule has 8 heteroatoms. The van der Waals surface area contributed by atoms with Crippen LogP contribution in [0.4, 0.5) is 9.18 Å². The molecule has 1 aliphatic rings. The van der Waals surface area contributed by atoms with E-state index in [9.17, 15) is 9.18 Å². The van der Waals surface area contributed by atoms with Crippen molar-refractivity contribution in [1.82, 2.24) is 14.9 Å². The van der Waals surface area contributed by atoms with Gasteiger partial charge in [-0.1, -0.05) is 28.1 Å². The maximum Gasteiger partial charge on any atom is 0.410 e. The molecule has 0 aliphatic carbocycles. The van der Waals surface area contributed by atoms with Crippen LogP contribution in [0.1, 0.15) is 44.7 Å². The van der Waals surface area contributed by atoms with E-state index in [2.05, 4.69) is 32.0 Å². The van der Waals surface area contributed by atoms with E-state index >= 15 is 0 Å². The fourth-order valence-corrected chi connectivity index (χ4v) is 5.01. The molecule has 4 rings (SSSR count). The first-order valence-corrected chi connectivity index (χ1v) is 12.7. The summed E-state index contributed by atoms with van der Waals surface area (Å²) in [6.07, 6.45) is 5.20. The Hall–Kier alpha value is -2.58. The quantitative estimate of drug-likeness (QED) is 0.353. The molecule has 1 amide bonds. The van der Waals surface area contributed by atoms with Crippen molar-refractivity contribution < 1.29 is 18.7 Å². The van der Waals surface area contributed by atoms with E-state index in [-0.39, 0.29) is 17.3 Å². The molecule has 1 fully saturated rings. The zero-order valence-corrected chi connectivity index (χ0v) is 22.0. The van der Waals surface area contributed by atoms with Crippen LogP contribution >= 0.6 is 15.9 Å². The minimum atomic E-state index is -0.535. The normalized spacial score (nSPS) is 15.9. The SMILES string of the molecule is CC(C)(C)OC(=O)N1CCC(COCCc2cc(Br)cc3nccnc23)(c2ccc(F)cc2)CC1. The summed E-state index contributed by atoms with van der Waals surface area (Å²) in [7, 11) is 0. The van der Waals surface area contributed by atoms with Gasteiger partial charge in [0, 0.05) is 35.4 Å². The van der Waals surface area contributed by atoms with E-state index in [4.69, 9.17) is 9.47 Å². The monoisotopic (exact) mass is 543 g/mol. The van der Waals surface area contributed by atoms with Gasteiger partial charge in [-0.15, -0.1) is 0 Å². The lowest BCUT2D eigenvalue weighted by atomic mass is 9.73. The average molecular weight is 544 g/mol. The maximum atomic E-state index is 13.6. The Morgan fingerprint density at radius 2 is 1.80 bits per heavy atom. The second-order valence-corrected chi connectivity index (χ2v) is 11.0. The molecule has 2 heterocycles. The number of nitrogens with zero attached hydrogens (tertiary/aromatic N) is 3. The Kier molecular flexibility index (Phi) is 7.71. The first kappa shape index (κ1) is 25.5. The van der Waals surface area contributed by atoms with Crippen molar-refractivity contribution in [3.63, 3.8) is 0 Å². The summed E-state index contributed by atoms with van der Waals surface area (Å²) >= 11 is 3.55. The third kappa shape index (κ3) is 6.35. The van der Waals surface area contributed by atoms with Crippen LogP contribution in [0.3, 0.4) is 0 Å². The summed E-state index contributed by atoms with van der Waals surface area (Å²) in [4.78, 5) is 23.2. The van der Waals surface area contributed by atoms with Gasteiger partial charge in [-0.3, -0.25) is 9.97 Å². The highest BCUT2D eigenvalue weighted by atomic mass is 79.9. The van der Waals surface area contributed by atoms with Crippen LogP contribution in [-0.2, 0) is 21.3 Å². The zero-order valence-electron chi connectivity index (χ0n) is 20.4. The molecule has 2 aromatic carbocycles. The summed E-state index contributed by atoms with van der Waals surface area (Å²) in [5, 5.41) is 0. The Balaban J connectivity index is 1.44. The maximum absolute atomic E-state index is 13.6. The van der Waals surface area contributed by atoms with Gasteiger partial charge in [0.25, 0.3) is 0 Å². The molecule has 6 nitrogen and oxygen atoms in total. The van der Waals surface area contributed by atoms with Gasteiger partial charge in [0.1, 0.15) is 11.4 Å². The zero-order chi connectivity index (χ0) is 25.1. The number of benzene rings is 2. The second-order valence-electron chi connectivity index (χ2n) is 10.0. The molecule has 0 saturated carbocycles.